The highest BCUT2D eigenvalue weighted by atomic mass is 19.1. The Morgan fingerprint density at radius 2 is 1.86 bits per heavy atom. The van der Waals surface area contributed by atoms with Gasteiger partial charge in [0.1, 0.15) is 5.82 Å². The summed E-state index contributed by atoms with van der Waals surface area (Å²) < 4.78 is 13.2. The summed E-state index contributed by atoms with van der Waals surface area (Å²) in [6, 6.07) is 7.09. The van der Waals surface area contributed by atoms with Crippen LogP contribution in [0.15, 0.2) is 24.3 Å². The molecule has 1 aromatic rings. The fourth-order valence-electron chi connectivity index (χ4n) is 3.00. The van der Waals surface area contributed by atoms with Crippen molar-refractivity contribution in [1.29, 1.82) is 0 Å². The predicted molar refractivity (Wildman–Crippen MR) is 86.0 cm³/mol. The van der Waals surface area contributed by atoms with Crippen LogP contribution in [0.1, 0.15) is 25.8 Å². The molecule has 22 heavy (non-hydrogen) atoms. The van der Waals surface area contributed by atoms with Gasteiger partial charge in [0.15, 0.2) is 0 Å². The van der Waals surface area contributed by atoms with Gasteiger partial charge < -0.3 is 5.73 Å². The molecule has 0 bridgehead atoms. The number of rotatable bonds is 6. The molecule has 0 aromatic heterocycles. The van der Waals surface area contributed by atoms with Gasteiger partial charge >= 0.3 is 0 Å². The molecule has 1 amide bonds. The van der Waals surface area contributed by atoms with E-state index in [0.29, 0.717) is 6.04 Å². The second-order valence-electron chi connectivity index (χ2n) is 6.17. The molecule has 2 rings (SSSR count). The smallest absolute Gasteiger partial charge is 0.234 e. The normalized spacial score (nSPS) is 19.8. The topological polar surface area (TPSA) is 49.6 Å². The molecule has 1 aromatic carbocycles. The zero-order valence-electron chi connectivity index (χ0n) is 13.5. The molecule has 1 heterocycles. The quantitative estimate of drug-likeness (QED) is 0.869. The number of halogens is 1. The van der Waals surface area contributed by atoms with Crippen LogP contribution in [0.25, 0.3) is 0 Å². The first-order valence-corrected chi connectivity index (χ1v) is 7.99. The van der Waals surface area contributed by atoms with Crippen molar-refractivity contribution in [3.8, 4) is 0 Å². The van der Waals surface area contributed by atoms with E-state index in [9.17, 15) is 9.18 Å². The van der Waals surface area contributed by atoms with E-state index in [-0.39, 0.29) is 17.8 Å². The van der Waals surface area contributed by atoms with Crippen LogP contribution in [-0.4, -0.2) is 54.0 Å². The standard InChI is InChI=1S/C17H26FN3O/c1-13(6-7-15-4-3-5-16(18)12-15)20-8-10-21(11-9-20)14(2)17(19)22/h3-5,12-14H,6-11H2,1-2H3,(H2,19,22)/t13-,14+/m1/s1. The molecule has 122 valence electrons. The maximum absolute atomic E-state index is 13.2. The summed E-state index contributed by atoms with van der Waals surface area (Å²) in [5.74, 6) is -0.424. The SMILES string of the molecule is C[C@H](CCc1cccc(F)c1)N1CCN([C@@H](C)C(N)=O)CC1. The number of nitrogens with zero attached hydrogens (tertiary/aromatic N) is 2. The molecule has 0 aliphatic carbocycles. The molecule has 4 nitrogen and oxygen atoms in total. The second-order valence-corrected chi connectivity index (χ2v) is 6.17. The average Bonchev–Trinajstić information content (AvgIpc) is 2.52. The van der Waals surface area contributed by atoms with E-state index in [4.69, 9.17) is 5.73 Å². The first kappa shape index (κ1) is 16.9. The first-order valence-electron chi connectivity index (χ1n) is 7.99. The Morgan fingerprint density at radius 1 is 1.23 bits per heavy atom. The number of hydrogen-bond donors (Lipinski definition) is 1. The average molecular weight is 307 g/mol. The number of aryl methyl sites for hydroxylation is 1. The Balaban J connectivity index is 1.77. The molecule has 1 saturated heterocycles. The molecule has 0 spiro atoms. The predicted octanol–water partition coefficient (Wildman–Crippen LogP) is 1.64. The number of benzene rings is 1. The monoisotopic (exact) mass is 307 g/mol. The summed E-state index contributed by atoms with van der Waals surface area (Å²) in [5.41, 5.74) is 6.41. The molecule has 1 fully saturated rings. The zero-order valence-corrected chi connectivity index (χ0v) is 13.5. The Hall–Kier alpha value is -1.46. The lowest BCUT2D eigenvalue weighted by Gasteiger charge is -2.39. The minimum Gasteiger partial charge on any atom is -0.368 e. The van der Waals surface area contributed by atoms with Crippen molar-refractivity contribution in [2.24, 2.45) is 5.73 Å². The molecule has 2 atom stereocenters. The van der Waals surface area contributed by atoms with Crippen LogP contribution in [0.4, 0.5) is 4.39 Å². The molecular weight excluding hydrogens is 281 g/mol. The van der Waals surface area contributed by atoms with Gasteiger partial charge in [-0.2, -0.15) is 0 Å². The van der Waals surface area contributed by atoms with E-state index in [1.807, 2.05) is 13.0 Å². The third-order valence-electron chi connectivity index (χ3n) is 4.67. The lowest BCUT2D eigenvalue weighted by atomic mass is 10.0. The molecule has 5 heteroatoms. The van der Waals surface area contributed by atoms with Gasteiger partial charge in [-0.1, -0.05) is 12.1 Å². The van der Waals surface area contributed by atoms with Crippen molar-refractivity contribution >= 4 is 5.91 Å². The Kier molecular flexibility index (Phi) is 5.91. The molecule has 0 radical (unpaired) electrons. The van der Waals surface area contributed by atoms with Gasteiger partial charge in [-0.25, -0.2) is 4.39 Å². The number of nitrogens with two attached hydrogens (primary N) is 1. The minimum atomic E-state index is -0.257. The van der Waals surface area contributed by atoms with Crippen molar-refractivity contribution in [2.45, 2.75) is 38.8 Å². The third-order valence-corrected chi connectivity index (χ3v) is 4.67. The Bertz CT molecular complexity index is 500. The van der Waals surface area contributed by atoms with Crippen LogP contribution in [0.2, 0.25) is 0 Å². The lowest BCUT2D eigenvalue weighted by molar-refractivity contribution is -0.123. The molecule has 0 saturated carbocycles. The summed E-state index contributed by atoms with van der Waals surface area (Å²) in [4.78, 5) is 15.8. The summed E-state index contributed by atoms with van der Waals surface area (Å²) >= 11 is 0. The van der Waals surface area contributed by atoms with Crippen LogP contribution in [0, 0.1) is 5.82 Å². The molecule has 0 unspecified atom stereocenters. The molecular formula is C17H26FN3O. The molecule has 1 aliphatic rings. The van der Waals surface area contributed by atoms with Crippen LogP contribution in [-0.2, 0) is 11.2 Å². The number of hydrogen-bond acceptors (Lipinski definition) is 3. The van der Waals surface area contributed by atoms with Gasteiger partial charge in [0, 0.05) is 32.2 Å². The van der Waals surface area contributed by atoms with Crippen LogP contribution in [0.3, 0.4) is 0 Å². The highest BCUT2D eigenvalue weighted by Gasteiger charge is 2.25. The van der Waals surface area contributed by atoms with Crippen LogP contribution >= 0.6 is 0 Å². The maximum atomic E-state index is 13.2. The first-order chi connectivity index (χ1) is 10.5. The molecule has 1 aliphatic heterocycles. The summed E-state index contributed by atoms with van der Waals surface area (Å²) in [5, 5.41) is 0. The number of carbonyl (C=O) groups excluding carboxylic acids is 1. The van der Waals surface area contributed by atoms with E-state index < -0.39 is 0 Å². The Morgan fingerprint density at radius 3 is 2.45 bits per heavy atom. The van der Waals surface area contributed by atoms with Gasteiger partial charge in [-0.05, 0) is 44.4 Å². The second kappa shape index (κ2) is 7.70. The maximum Gasteiger partial charge on any atom is 0.234 e. The number of primary amides is 1. The summed E-state index contributed by atoms with van der Waals surface area (Å²) in [6.07, 6.45) is 1.89. The summed E-state index contributed by atoms with van der Waals surface area (Å²) in [6.45, 7) is 7.71. The number of piperazine rings is 1. The Labute approximate surface area is 132 Å². The van der Waals surface area contributed by atoms with E-state index in [0.717, 1.165) is 44.6 Å². The van der Waals surface area contributed by atoms with Crippen molar-refractivity contribution < 1.29 is 9.18 Å². The van der Waals surface area contributed by atoms with Gasteiger partial charge in [0.2, 0.25) is 5.91 Å². The fraction of sp³-hybridized carbons (Fsp3) is 0.588. The van der Waals surface area contributed by atoms with Crippen molar-refractivity contribution in [3.05, 3.63) is 35.6 Å². The van der Waals surface area contributed by atoms with Gasteiger partial charge in [0.25, 0.3) is 0 Å². The molecule has 2 N–H and O–H groups in total. The third kappa shape index (κ3) is 4.52. The van der Waals surface area contributed by atoms with Crippen LogP contribution < -0.4 is 5.73 Å². The van der Waals surface area contributed by atoms with E-state index in [2.05, 4.69) is 16.7 Å². The fourth-order valence-corrected chi connectivity index (χ4v) is 3.00. The summed E-state index contributed by atoms with van der Waals surface area (Å²) in [7, 11) is 0. The largest absolute Gasteiger partial charge is 0.368 e. The highest BCUT2D eigenvalue weighted by Crippen LogP contribution is 2.14. The van der Waals surface area contributed by atoms with Crippen molar-refractivity contribution in [2.75, 3.05) is 26.2 Å². The van der Waals surface area contributed by atoms with E-state index in [1.165, 1.54) is 6.07 Å². The number of amides is 1. The van der Waals surface area contributed by atoms with Crippen molar-refractivity contribution in [3.63, 3.8) is 0 Å². The minimum absolute atomic E-state index is 0.167. The highest BCUT2D eigenvalue weighted by molar-refractivity contribution is 5.79. The van der Waals surface area contributed by atoms with Crippen LogP contribution in [0.5, 0.6) is 0 Å². The van der Waals surface area contributed by atoms with Gasteiger partial charge in [0.05, 0.1) is 6.04 Å². The van der Waals surface area contributed by atoms with E-state index >= 15 is 0 Å². The van der Waals surface area contributed by atoms with Gasteiger partial charge in [-0.15, -0.1) is 0 Å². The van der Waals surface area contributed by atoms with E-state index in [1.54, 1.807) is 12.1 Å². The van der Waals surface area contributed by atoms with Crippen molar-refractivity contribution in [1.82, 2.24) is 9.80 Å². The van der Waals surface area contributed by atoms with Gasteiger partial charge in [-0.3, -0.25) is 14.6 Å². The lowest BCUT2D eigenvalue weighted by Crippen LogP contribution is -2.54. The zero-order chi connectivity index (χ0) is 16.1. The number of carbonyl (C=O) groups is 1.